The van der Waals surface area contributed by atoms with Crippen LogP contribution in [0.15, 0.2) is 45.9 Å². The Kier molecular flexibility index (Phi) is 5.37. The van der Waals surface area contributed by atoms with E-state index in [1.807, 2.05) is 31.2 Å². The number of hydrogen-bond acceptors (Lipinski definition) is 4. The molecule has 4 nitrogen and oxygen atoms in total. The first-order valence-electron chi connectivity index (χ1n) is 6.15. The van der Waals surface area contributed by atoms with Gasteiger partial charge in [0.25, 0.3) is 0 Å². The van der Waals surface area contributed by atoms with Gasteiger partial charge >= 0.3 is 0 Å². The van der Waals surface area contributed by atoms with Crippen LogP contribution < -0.4 is 5.32 Å². The Hall–Kier alpha value is -1.84. The zero-order valence-corrected chi connectivity index (χ0v) is 13.7. The number of halogens is 1. The lowest BCUT2D eigenvalue weighted by Crippen LogP contribution is -2.14. The highest BCUT2D eigenvalue weighted by atomic mass is 79.9. The number of carbonyl (C=O) groups excluding carboxylic acids is 1. The minimum atomic E-state index is -0.140. The summed E-state index contributed by atoms with van der Waals surface area (Å²) in [5, 5.41) is 12.4. The van der Waals surface area contributed by atoms with Crippen LogP contribution in [0.1, 0.15) is 11.3 Å². The predicted octanol–water partition coefficient (Wildman–Crippen LogP) is 3.76. The molecule has 2 rings (SSSR count). The number of nitrogens with one attached hydrogen (secondary N) is 1. The van der Waals surface area contributed by atoms with Crippen molar-refractivity contribution in [1.29, 1.82) is 5.26 Å². The van der Waals surface area contributed by atoms with Crippen molar-refractivity contribution in [3.63, 3.8) is 0 Å². The lowest BCUT2D eigenvalue weighted by atomic mass is 10.3. The van der Waals surface area contributed by atoms with Crippen LogP contribution in [0.3, 0.4) is 0 Å². The van der Waals surface area contributed by atoms with E-state index in [9.17, 15) is 4.79 Å². The fourth-order valence-electron chi connectivity index (χ4n) is 1.61. The number of nitriles is 1. The Morgan fingerprint density at radius 2 is 2.14 bits per heavy atom. The van der Waals surface area contributed by atoms with Crippen LogP contribution in [0.5, 0.6) is 0 Å². The first-order valence-corrected chi connectivity index (χ1v) is 7.93. The maximum atomic E-state index is 12.0. The summed E-state index contributed by atoms with van der Waals surface area (Å²) in [6.45, 7) is 1.85. The molecule has 0 aliphatic heterocycles. The van der Waals surface area contributed by atoms with Gasteiger partial charge in [0.15, 0.2) is 0 Å². The first kappa shape index (κ1) is 15.5. The molecule has 1 heterocycles. The Morgan fingerprint density at radius 3 is 2.86 bits per heavy atom. The smallest absolute Gasteiger partial charge is 0.234 e. The van der Waals surface area contributed by atoms with Crippen LogP contribution in [-0.4, -0.2) is 16.6 Å². The summed E-state index contributed by atoms with van der Waals surface area (Å²) >= 11 is 4.63. The lowest BCUT2D eigenvalue weighted by Gasteiger charge is -2.07. The van der Waals surface area contributed by atoms with Crippen LogP contribution in [0, 0.1) is 18.3 Å². The highest BCUT2D eigenvalue weighted by Gasteiger charge is 2.09. The van der Waals surface area contributed by atoms with E-state index in [1.54, 1.807) is 12.1 Å². The van der Waals surface area contributed by atoms with Crippen LogP contribution in [0.4, 0.5) is 5.69 Å². The summed E-state index contributed by atoms with van der Waals surface area (Å²) in [6.07, 6.45) is 0. The fourth-order valence-corrected chi connectivity index (χ4v) is 2.81. The molecule has 0 aliphatic rings. The van der Waals surface area contributed by atoms with Crippen LogP contribution >= 0.6 is 27.7 Å². The molecule has 0 bridgehead atoms. The van der Waals surface area contributed by atoms with Gasteiger partial charge in [-0.1, -0.05) is 23.9 Å². The van der Waals surface area contributed by atoms with Crippen molar-refractivity contribution in [2.75, 3.05) is 11.1 Å². The van der Waals surface area contributed by atoms with Crippen molar-refractivity contribution in [2.45, 2.75) is 11.9 Å². The molecule has 0 radical (unpaired) electrons. The minimum Gasteiger partial charge on any atom is -0.324 e. The molecule has 0 fully saturated rings. The number of amides is 1. The van der Waals surface area contributed by atoms with E-state index in [0.29, 0.717) is 10.6 Å². The molecule has 0 saturated heterocycles. The quantitative estimate of drug-likeness (QED) is 0.842. The minimum absolute atomic E-state index is 0.140. The molecule has 0 saturated carbocycles. The molecular formula is C15H12BrN3OS. The standard InChI is InChI=1S/C15H12BrN3OS/c1-10-6-7-11(8-17)15(18-10)21-9-14(20)19-13-5-3-2-4-12(13)16/h2-7H,9H2,1H3,(H,19,20). The second-order valence-electron chi connectivity index (χ2n) is 4.23. The highest BCUT2D eigenvalue weighted by molar-refractivity contribution is 9.10. The number of aromatic nitrogens is 1. The molecule has 6 heteroatoms. The Balaban J connectivity index is 2.01. The second kappa shape index (κ2) is 7.25. The molecule has 1 aromatic carbocycles. The van der Waals surface area contributed by atoms with E-state index < -0.39 is 0 Å². The number of rotatable bonds is 4. The third kappa shape index (κ3) is 4.31. The van der Waals surface area contributed by atoms with Crippen molar-refractivity contribution in [1.82, 2.24) is 4.98 Å². The van der Waals surface area contributed by atoms with Gasteiger partial charge in [-0.05, 0) is 47.1 Å². The first-order chi connectivity index (χ1) is 10.1. The zero-order chi connectivity index (χ0) is 15.2. The van der Waals surface area contributed by atoms with Gasteiger partial charge in [-0.25, -0.2) is 4.98 Å². The predicted molar refractivity (Wildman–Crippen MR) is 87.2 cm³/mol. The van der Waals surface area contributed by atoms with Gasteiger partial charge in [0.1, 0.15) is 11.1 Å². The number of nitrogens with zero attached hydrogens (tertiary/aromatic N) is 2. The fraction of sp³-hybridized carbons (Fsp3) is 0.133. The average molecular weight is 362 g/mol. The Bertz CT molecular complexity index is 712. The number of pyridine rings is 1. The molecule has 1 amide bonds. The zero-order valence-electron chi connectivity index (χ0n) is 11.3. The number of para-hydroxylation sites is 1. The SMILES string of the molecule is Cc1ccc(C#N)c(SCC(=O)Nc2ccccc2Br)n1. The molecule has 0 atom stereocenters. The summed E-state index contributed by atoms with van der Waals surface area (Å²) in [5.74, 6) is 0.0611. The topological polar surface area (TPSA) is 65.8 Å². The van der Waals surface area contributed by atoms with Gasteiger partial charge in [-0.2, -0.15) is 5.26 Å². The summed E-state index contributed by atoms with van der Waals surface area (Å²) in [6, 6.07) is 13.0. The molecule has 1 aromatic heterocycles. The maximum Gasteiger partial charge on any atom is 0.234 e. The molecule has 1 N–H and O–H groups in total. The van der Waals surface area contributed by atoms with Gasteiger partial charge in [0, 0.05) is 10.2 Å². The van der Waals surface area contributed by atoms with Gasteiger partial charge in [0.2, 0.25) is 5.91 Å². The van der Waals surface area contributed by atoms with Crippen molar-refractivity contribution in [3.05, 3.63) is 52.1 Å². The number of thioether (sulfide) groups is 1. The van der Waals surface area contributed by atoms with Crippen LogP contribution in [0.25, 0.3) is 0 Å². The van der Waals surface area contributed by atoms with Crippen molar-refractivity contribution in [2.24, 2.45) is 0 Å². The summed E-state index contributed by atoms with van der Waals surface area (Å²) in [4.78, 5) is 16.3. The molecule has 2 aromatic rings. The highest BCUT2D eigenvalue weighted by Crippen LogP contribution is 2.23. The van der Waals surface area contributed by atoms with Crippen LogP contribution in [-0.2, 0) is 4.79 Å². The number of benzene rings is 1. The molecule has 0 spiro atoms. The lowest BCUT2D eigenvalue weighted by molar-refractivity contribution is -0.113. The number of carbonyl (C=O) groups is 1. The monoisotopic (exact) mass is 361 g/mol. The average Bonchev–Trinajstić information content (AvgIpc) is 2.48. The van der Waals surface area contributed by atoms with E-state index in [2.05, 4.69) is 32.3 Å². The van der Waals surface area contributed by atoms with E-state index in [0.717, 1.165) is 15.9 Å². The molecule has 0 aliphatic carbocycles. The Labute approximate surface area is 135 Å². The largest absolute Gasteiger partial charge is 0.324 e. The number of aryl methyl sites for hydroxylation is 1. The van der Waals surface area contributed by atoms with E-state index in [4.69, 9.17) is 5.26 Å². The number of hydrogen-bond donors (Lipinski definition) is 1. The van der Waals surface area contributed by atoms with E-state index >= 15 is 0 Å². The molecular weight excluding hydrogens is 350 g/mol. The van der Waals surface area contributed by atoms with Crippen molar-refractivity contribution in [3.8, 4) is 6.07 Å². The number of anilines is 1. The second-order valence-corrected chi connectivity index (χ2v) is 6.05. The van der Waals surface area contributed by atoms with E-state index in [1.165, 1.54) is 11.8 Å². The van der Waals surface area contributed by atoms with Gasteiger partial charge in [0.05, 0.1) is 17.0 Å². The van der Waals surface area contributed by atoms with Gasteiger partial charge in [-0.3, -0.25) is 4.79 Å². The van der Waals surface area contributed by atoms with Crippen LogP contribution in [0.2, 0.25) is 0 Å². The van der Waals surface area contributed by atoms with Gasteiger partial charge in [-0.15, -0.1) is 0 Å². The van der Waals surface area contributed by atoms with Crippen molar-refractivity contribution >= 4 is 39.3 Å². The molecule has 106 valence electrons. The third-order valence-corrected chi connectivity index (χ3v) is 4.29. The summed E-state index contributed by atoms with van der Waals surface area (Å²) < 4.78 is 0.828. The normalized spacial score (nSPS) is 9.95. The third-order valence-electron chi connectivity index (χ3n) is 2.61. The molecule has 0 unspecified atom stereocenters. The van der Waals surface area contributed by atoms with Crippen molar-refractivity contribution < 1.29 is 4.79 Å². The maximum absolute atomic E-state index is 12.0. The summed E-state index contributed by atoms with van der Waals surface area (Å²) in [7, 11) is 0. The molecule has 21 heavy (non-hydrogen) atoms. The summed E-state index contributed by atoms with van der Waals surface area (Å²) in [5.41, 5.74) is 2.03. The Morgan fingerprint density at radius 1 is 1.38 bits per heavy atom. The van der Waals surface area contributed by atoms with Gasteiger partial charge < -0.3 is 5.32 Å². The van der Waals surface area contributed by atoms with E-state index in [-0.39, 0.29) is 11.7 Å².